The minimum absolute atomic E-state index is 0. The number of hydrogen-bond donors (Lipinski definition) is 2. The number of guanidine groups is 1. The van der Waals surface area contributed by atoms with Gasteiger partial charge in [-0.05, 0) is 31.9 Å². The van der Waals surface area contributed by atoms with E-state index in [2.05, 4.69) is 62.8 Å². The minimum Gasteiger partial charge on any atom is -0.355 e. The van der Waals surface area contributed by atoms with Crippen LogP contribution in [0.25, 0.3) is 0 Å². The van der Waals surface area contributed by atoms with Crippen LogP contribution >= 0.6 is 24.0 Å². The minimum atomic E-state index is 0. The van der Waals surface area contributed by atoms with Crippen LogP contribution in [0.5, 0.6) is 0 Å². The quantitative estimate of drug-likeness (QED) is 0.354. The van der Waals surface area contributed by atoms with Gasteiger partial charge in [-0.25, -0.2) is 0 Å². The van der Waals surface area contributed by atoms with Gasteiger partial charge in [-0.1, -0.05) is 43.2 Å². The average molecular weight is 485 g/mol. The Hall–Kier alpha value is -0.860. The fraction of sp³-hybridized carbons (Fsp3) is 0.667. The molecule has 5 nitrogen and oxygen atoms in total. The summed E-state index contributed by atoms with van der Waals surface area (Å²) in [4.78, 5) is 9.44. The molecule has 1 aromatic carbocycles. The number of likely N-dealkylation sites (N-methyl/N-ethyl adjacent to an activating group) is 1. The highest BCUT2D eigenvalue weighted by molar-refractivity contribution is 14.0. The zero-order chi connectivity index (χ0) is 18.2. The number of benzene rings is 1. The largest absolute Gasteiger partial charge is 0.355 e. The Labute approximate surface area is 182 Å². The van der Waals surface area contributed by atoms with E-state index >= 15 is 0 Å². The average Bonchev–Trinajstić information content (AvgIpc) is 3.33. The van der Waals surface area contributed by atoms with Crippen LogP contribution in [0.3, 0.4) is 0 Å². The first-order valence-corrected chi connectivity index (χ1v) is 10.2. The van der Waals surface area contributed by atoms with Gasteiger partial charge >= 0.3 is 0 Å². The molecule has 152 valence electrons. The van der Waals surface area contributed by atoms with Crippen LogP contribution in [0.4, 0.5) is 0 Å². The molecule has 1 aromatic rings. The number of rotatable bonds is 7. The lowest BCUT2D eigenvalue weighted by molar-refractivity contribution is 0.242. The van der Waals surface area contributed by atoms with Crippen molar-refractivity contribution in [3.05, 3.63) is 35.9 Å². The number of halogens is 1. The van der Waals surface area contributed by atoms with Crippen molar-refractivity contribution in [2.45, 2.75) is 50.7 Å². The van der Waals surface area contributed by atoms with Crippen LogP contribution in [0.15, 0.2) is 35.3 Å². The molecule has 2 N–H and O–H groups in total. The van der Waals surface area contributed by atoms with Crippen LogP contribution in [-0.2, 0) is 6.54 Å². The maximum Gasteiger partial charge on any atom is 0.191 e. The SMILES string of the molecule is CN=C(NCCN(C)Cc1ccccc1)NC1CCN(C2CCCC2)C1.I. The Kier molecular flexibility index (Phi) is 9.86. The van der Waals surface area contributed by atoms with Crippen molar-refractivity contribution in [2.75, 3.05) is 40.3 Å². The van der Waals surface area contributed by atoms with E-state index in [0.29, 0.717) is 6.04 Å². The topological polar surface area (TPSA) is 42.9 Å². The van der Waals surface area contributed by atoms with E-state index in [1.165, 1.54) is 50.8 Å². The fourth-order valence-corrected chi connectivity index (χ4v) is 4.23. The van der Waals surface area contributed by atoms with E-state index in [1.54, 1.807) is 0 Å². The molecule has 0 radical (unpaired) electrons. The molecular weight excluding hydrogens is 449 g/mol. The third kappa shape index (κ3) is 7.23. The lowest BCUT2D eigenvalue weighted by Crippen LogP contribution is -2.46. The maximum absolute atomic E-state index is 4.41. The van der Waals surface area contributed by atoms with Gasteiger partial charge in [-0.3, -0.25) is 9.89 Å². The van der Waals surface area contributed by atoms with Gasteiger partial charge in [0, 0.05) is 51.9 Å². The van der Waals surface area contributed by atoms with E-state index in [0.717, 1.165) is 31.6 Å². The standard InChI is InChI=1S/C21H35N5.HI/c1-22-21(23-13-15-25(2)16-18-8-4-3-5-9-18)24-19-12-14-26(17-19)20-10-6-7-11-20;/h3-5,8-9,19-20H,6-7,10-17H2,1-2H3,(H2,22,23,24);1H. The van der Waals surface area contributed by atoms with Crippen molar-refractivity contribution >= 4 is 29.9 Å². The Morgan fingerprint density at radius 3 is 2.63 bits per heavy atom. The van der Waals surface area contributed by atoms with Gasteiger partial charge in [0.25, 0.3) is 0 Å². The summed E-state index contributed by atoms with van der Waals surface area (Å²) in [5, 5.41) is 7.10. The molecule has 0 aromatic heterocycles. The van der Waals surface area contributed by atoms with Gasteiger partial charge in [0.15, 0.2) is 5.96 Å². The molecular formula is C21H36IN5. The van der Waals surface area contributed by atoms with Crippen molar-refractivity contribution in [1.82, 2.24) is 20.4 Å². The molecule has 1 aliphatic carbocycles. The molecule has 0 bridgehead atoms. The van der Waals surface area contributed by atoms with E-state index in [-0.39, 0.29) is 24.0 Å². The predicted molar refractivity (Wildman–Crippen MR) is 125 cm³/mol. The van der Waals surface area contributed by atoms with Crippen LogP contribution < -0.4 is 10.6 Å². The molecule has 1 unspecified atom stereocenters. The summed E-state index contributed by atoms with van der Waals surface area (Å²) < 4.78 is 0. The second-order valence-corrected chi connectivity index (χ2v) is 7.79. The lowest BCUT2D eigenvalue weighted by Gasteiger charge is -2.24. The second kappa shape index (κ2) is 11.9. The Morgan fingerprint density at radius 2 is 1.93 bits per heavy atom. The molecule has 2 aliphatic rings. The van der Waals surface area contributed by atoms with E-state index in [4.69, 9.17) is 0 Å². The van der Waals surface area contributed by atoms with Crippen molar-refractivity contribution in [3.63, 3.8) is 0 Å². The summed E-state index contributed by atoms with van der Waals surface area (Å²) in [6.07, 6.45) is 6.85. The van der Waals surface area contributed by atoms with Crippen LogP contribution in [-0.4, -0.2) is 68.1 Å². The Morgan fingerprint density at radius 1 is 1.19 bits per heavy atom. The number of aliphatic imine (C=N–C) groups is 1. The molecule has 27 heavy (non-hydrogen) atoms. The van der Waals surface area contributed by atoms with Gasteiger partial charge in [-0.15, -0.1) is 24.0 Å². The van der Waals surface area contributed by atoms with Crippen molar-refractivity contribution in [3.8, 4) is 0 Å². The summed E-state index contributed by atoms with van der Waals surface area (Å²) in [6, 6.07) is 12.0. The van der Waals surface area contributed by atoms with Crippen molar-refractivity contribution in [1.29, 1.82) is 0 Å². The molecule has 1 aliphatic heterocycles. The summed E-state index contributed by atoms with van der Waals surface area (Å²) >= 11 is 0. The Bertz CT molecular complexity index is 559. The van der Waals surface area contributed by atoms with Gasteiger partial charge in [0.05, 0.1) is 0 Å². The lowest BCUT2D eigenvalue weighted by atomic mass is 10.2. The third-order valence-corrected chi connectivity index (χ3v) is 5.71. The monoisotopic (exact) mass is 485 g/mol. The first-order valence-electron chi connectivity index (χ1n) is 10.2. The normalized spacial score (nSPS) is 21.4. The molecule has 0 amide bonds. The number of nitrogens with one attached hydrogen (secondary N) is 2. The van der Waals surface area contributed by atoms with Crippen molar-refractivity contribution in [2.24, 2.45) is 4.99 Å². The smallest absolute Gasteiger partial charge is 0.191 e. The second-order valence-electron chi connectivity index (χ2n) is 7.79. The summed E-state index contributed by atoms with van der Waals surface area (Å²) in [6.45, 7) is 5.28. The highest BCUT2D eigenvalue weighted by Gasteiger charge is 2.30. The molecule has 3 rings (SSSR count). The molecule has 1 saturated carbocycles. The summed E-state index contributed by atoms with van der Waals surface area (Å²) in [5.74, 6) is 0.941. The highest BCUT2D eigenvalue weighted by Crippen LogP contribution is 2.26. The molecule has 6 heteroatoms. The molecule has 1 saturated heterocycles. The van der Waals surface area contributed by atoms with E-state index in [1.807, 2.05) is 7.05 Å². The Balaban J connectivity index is 0.00000261. The molecule has 1 heterocycles. The number of hydrogen-bond acceptors (Lipinski definition) is 3. The first kappa shape index (κ1) is 22.4. The predicted octanol–water partition coefficient (Wildman–Crippen LogP) is 2.92. The van der Waals surface area contributed by atoms with Gasteiger partial charge in [0.2, 0.25) is 0 Å². The molecule has 2 fully saturated rings. The molecule has 1 atom stereocenters. The van der Waals surface area contributed by atoms with Crippen LogP contribution in [0.2, 0.25) is 0 Å². The van der Waals surface area contributed by atoms with E-state index in [9.17, 15) is 0 Å². The summed E-state index contributed by atoms with van der Waals surface area (Å²) in [7, 11) is 4.04. The zero-order valence-electron chi connectivity index (χ0n) is 16.9. The zero-order valence-corrected chi connectivity index (χ0v) is 19.2. The third-order valence-electron chi connectivity index (χ3n) is 5.71. The number of nitrogens with zero attached hydrogens (tertiary/aromatic N) is 3. The van der Waals surface area contributed by atoms with Gasteiger partial charge in [-0.2, -0.15) is 0 Å². The van der Waals surface area contributed by atoms with Gasteiger partial charge in [0.1, 0.15) is 0 Å². The summed E-state index contributed by atoms with van der Waals surface area (Å²) in [5.41, 5.74) is 1.36. The first-order chi connectivity index (χ1) is 12.7. The fourth-order valence-electron chi connectivity index (χ4n) is 4.23. The van der Waals surface area contributed by atoms with Crippen molar-refractivity contribution < 1.29 is 0 Å². The van der Waals surface area contributed by atoms with Gasteiger partial charge < -0.3 is 15.5 Å². The van der Waals surface area contributed by atoms with Crippen LogP contribution in [0.1, 0.15) is 37.7 Å². The van der Waals surface area contributed by atoms with Crippen LogP contribution in [0, 0.1) is 0 Å². The maximum atomic E-state index is 4.41. The molecule has 0 spiro atoms. The number of likely N-dealkylation sites (tertiary alicyclic amines) is 1. The van der Waals surface area contributed by atoms with E-state index < -0.39 is 0 Å². The highest BCUT2D eigenvalue weighted by atomic mass is 127.